The molecule has 26 heavy (non-hydrogen) atoms. The lowest BCUT2D eigenvalue weighted by atomic mass is 9.93. The zero-order valence-corrected chi connectivity index (χ0v) is 16.0. The van der Waals surface area contributed by atoms with Crippen molar-refractivity contribution in [3.05, 3.63) is 23.8 Å². The van der Waals surface area contributed by atoms with E-state index in [2.05, 4.69) is 16.7 Å². The van der Waals surface area contributed by atoms with Crippen LogP contribution in [-0.2, 0) is 4.79 Å². The van der Waals surface area contributed by atoms with Gasteiger partial charge in [-0.15, -0.1) is 12.4 Å². The van der Waals surface area contributed by atoms with Crippen molar-refractivity contribution in [1.29, 1.82) is 0 Å². The van der Waals surface area contributed by atoms with Crippen molar-refractivity contribution < 1.29 is 14.3 Å². The number of halogens is 1. The first-order chi connectivity index (χ1) is 12.3. The van der Waals surface area contributed by atoms with E-state index in [1.807, 2.05) is 12.1 Å². The van der Waals surface area contributed by atoms with Gasteiger partial charge >= 0.3 is 0 Å². The Kier molecular flexibility index (Phi) is 6.65. The zero-order valence-electron chi connectivity index (χ0n) is 15.2. The Morgan fingerprint density at radius 1 is 1.12 bits per heavy atom. The fourth-order valence-electron chi connectivity index (χ4n) is 3.91. The Morgan fingerprint density at radius 3 is 2.58 bits per heavy atom. The van der Waals surface area contributed by atoms with Gasteiger partial charge in [0, 0.05) is 6.42 Å². The fourth-order valence-corrected chi connectivity index (χ4v) is 3.91. The molecule has 1 amide bonds. The standard InChI is InChI=1S/C20H28N2O3.ClH/c23-19(6-1-14-7-9-21-10-8-14)22-20(15-2-3-15)16-4-5-17-18(13-16)25-12-11-24-17;/h4-5,13-15,20-21H,1-3,6-12H2,(H,22,23);1H. The van der Waals surface area contributed by atoms with Gasteiger partial charge in [-0.25, -0.2) is 0 Å². The lowest BCUT2D eigenvalue weighted by Crippen LogP contribution is -2.32. The van der Waals surface area contributed by atoms with Crippen LogP contribution < -0.4 is 20.1 Å². The van der Waals surface area contributed by atoms with E-state index in [1.54, 1.807) is 0 Å². The molecule has 3 aliphatic rings. The third kappa shape index (κ3) is 4.83. The van der Waals surface area contributed by atoms with Crippen LogP contribution in [0.3, 0.4) is 0 Å². The third-order valence-corrected chi connectivity index (χ3v) is 5.57. The number of ether oxygens (including phenoxy) is 2. The largest absolute Gasteiger partial charge is 0.486 e. The Hall–Kier alpha value is -1.46. The third-order valence-electron chi connectivity index (χ3n) is 5.57. The smallest absolute Gasteiger partial charge is 0.220 e. The molecule has 1 atom stereocenters. The summed E-state index contributed by atoms with van der Waals surface area (Å²) in [4.78, 5) is 12.5. The quantitative estimate of drug-likeness (QED) is 0.795. The average molecular weight is 381 g/mol. The van der Waals surface area contributed by atoms with Crippen molar-refractivity contribution >= 4 is 18.3 Å². The van der Waals surface area contributed by atoms with Gasteiger partial charge in [-0.3, -0.25) is 4.79 Å². The molecule has 1 saturated carbocycles. The molecule has 0 spiro atoms. The van der Waals surface area contributed by atoms with E-state index in [-0.39, 0.29) is 24.4 Å². The maximum Gasteiger partial charge on any atom is 0.220 e. The van der Waals surface area contributed by atoms with Gasteiger partial charge in [0.15, 0.2) is 11.5 Å². The van der Waals surface area contributed by atoms with E-state index in [0.29, 0.717) is 31.5 Å². The van der Waals surface area contributed by atoms with E-state index < -0.39 is 0 Å². The number of rotatable bonds is 6. The summed E-state index contributed by atoms with van der Waals surface area (Å²) >= 11 is 0. The summed E-state index contributed by atoms with van der Waals surface area (Å²) in [6.45, 7) is 3.38. The molecule has 1 aromatic carbocycles. The first kappa shape index (κ1) is 19.3. The molecule has 2 N–H and O–H groups in total. The highest BCUT2D eigenvalue weighted by Crippen LogP contribution is 2.43. The maximum absolute atomic E-state index is 12.5. The van der Waals surface area contributed by atoms with Gasteiger partial charge in [-0.05, 0) is 74.7 Å². The van der Waals surface area contributed by atoms with Crippen molar-refractivity contribution in [2.75, 3.05) is 26.3 Å². The van der Waals surface area contributed by atoms with Gasteiger partial charge in [0.05, 0.1) is 6.04 Å². The van der Waals surface area contributed by atoms with Gasteiger partial charge < -0.3 is 20.1 Å². The SMILES string of the molecule is Cl.O=C(CCC1CCNCC1)NC(c1ccc2c(c1)OCCO2)C1CC1. The Labute approximate surface area is 161 Å². The molecule has 144 valence electrons. The maximum atomic E-state index is 12.5. The lowest BCUT2D eigenvalue weighted by molar-refractivity contribution is -0.122. The zero-order chi connectivity index (χ0) is 17.1. The molecule has 4 rings (SSSR count). The second kappa shape index (κ2) is 8.96. The molecule has 1 aromatic rings. The van der Waals surface area contributed by atoms with Crippen molar-refractivity contribution in [3.63, 3.8) is 0 Å². The van der Waals surface area contributed by atoms with Crippen molar-refractivity contribution in [3.8, 4) is 11.5 Å². The number of hydrogen-bond acceptors (Lipinski definition) is 4. The van der Waals surface area contributed by atoms with Crippen LogP contribution in [0.1, 0.15) is 50.1 Å². The summed E-state index contributed by atoms with van der Waals surface area (Å²) in [5.41, 5.74) is 1.14. The van der Waals surface area contributed by atoms with Crippen molar-refractivity contribution in [1.82, 2.24) is 10.6 Å². The van der Waals surface area contributed by atoms with Crippen molar-refractivity contribution in [2.45, 2.75) is 44.6 Å². The van der Waals surface area contributed by atoms with E-state index in [0.717, 1.165) is 36.6 Å². The van der Waals surface area contributed by atoms with Crippen LogP contribution in [0.15, 0.2) is 18.2 Å². The number of piperidine rings is 1. The summed E-state index contributed by atoms with van der Waals surface area (Å²) in [5, 5.41) is 6.67. The predicted molar refractivity (Wildman–Crippen MR) is 103 cm³/mol. The first-order valence-electron chi connectivity index (χ1n) is 9.69. The van der Waals surface area contributed by atoms with Gasteiger partial charge in [-0.2, -0.15) is 0 Å². The second-order valence-electron chi connectivity index (χ2n) is 7.52. The summed E-state index contributed by atoms with van der Waals surface area (Å²) in [6, 6.07) is 6.20. The Bertz CT molecular complexity index is 615. The molecule has 0 bridgehead atoms. The molecular weight excluding hydrogens is 352 g/mol. The molecule has 1 saturated heterocycles. The number of benzene rings is 1. The number of amides is 1. The van der Waals surface area contributed by atoms with E-state index in [4.69, 9.17) is 9.47 Å². The highest BCUT2D eigenvalue weighted by Gasteiger charge is 2.34. The van der Waals surface area contributed by atoms with Crippen LogP contribution in [-0.4, -0.2) is 32.2 Å². The minimum atomic E-state index is 0. The minimum absolute atomic E-state index is 0. The summed E-state index contributed by atoms with van der Waals surface area (Å²) in [5.74, 6) is 3.05. The number of nitrogens with one attached hydrogen (secondary N) is 2. The minimum Gasteiger partial charge on any atom is -0.486 e. The lowest BCUT2D eigenvalue weighted by Gasteiger charge is -2.24. The molecule has 6 heteroatoms. The Balaban J connectivity index is 0.00000196. The summed E-state index contributed by atoms with van der Waals surface area (Å²) < 4.78 is 11.3. The highest BCUT2D eigenvalue weighted by molar-refractivity contribution is 5.85. The average Bonchev–Trinajstić information content (AvgIpc) is 3.50. The van der Waals surface area contributed by atoms with E-state index >= 15 is 0 Å². The molecule has 2 fully saturated rings. The number of carbonyl (C=O) groups excluding carboxylic acids is 1. The highest BCUT2D eigenvalue weighted by atomic mass is 35.5. The van der Waals surface area contributed by atoms with Crippen molar-refractivity contribution in [2.24, 2.45) is 11.8 Å². The van der Waals surface area contributed by atoms with Crippen LogP contribution >= 0.6 is 12.4 Å². The number of carbonyl (C=O) groups is 1. The van der Waals surface area contributed by atoms with Gasteiger partial charge in [-0.1, -0.05) is 6.07 Å². The first-order valence-corrected chi connectivity index (χ1v) is 9.69. The Morgan fingerprint density at radius 2 is 1.85 bits per heavy atom. The van der Waals surface area contributed by atoms with Gasteiger partial charge in [0.2, 0.25) is 5.91 Å². The molecule has 2 aliphatic heterocycles. The van der Waals surface area contributed by atoms with Gasteiger partial charge in [0.1, 0.15) is 13.2 Å². The monoisotopic (exact) mass is 380 g/mol. The molecular formula is C20H29ClN2O3. The van der Waals surface area contributed by atoms with E-state index in [9.17, 15) is 4.79 Å². The predicted octanol–water partition coefficient (Wildman–Crippen LogP) is 3.23. The number of hydrogen-bond donors (Lipinski definition) is 2. The van der Waals surface area contributed by atoms with Crippen LogP contribution in [0.4, 0.5) is 0 Å². The van der Waals surface area contributed by atoms with Crippen LogP contribution in [0, 0.1) is 11.8 Å². The number of fused-ring (bicyclic) bond motifs is 1. The molecule has 0 radical (unpaired) electrons. The normalized spacial score (nSPS) is 20.8. The summed E-state index contributed by atoms with van der Waals surface area (Å²) in [7, 11) is 0. The fraction of sp³-hybridized carbons (Fsp3) is 0.650. The molecule has 5 nitrogen and oxygen atoms in total. The van der Waals surface area contributed by atoms with Crippen LogP contribution in [0.5, 0.6) is 11.5 Å². The molecule has 0 aromatic heterocycles. The second-order valence-corrected chi connectivity index (χ2v) is 7.52. The topological polar surface area (TPSA) is 59.6 Å². The van der Waals surface area contributed by atoms with E-state index in [1.165, 1.54) is 25.7 Å². The van der Waals surface area contributed by atoms with Crippen LogP contribution in [0.2, 0.25) is 0 Å². The molecule has 2 heterocycles. The van der Waals surface area contributed by atoms with Crippen LogP contribution in [0.25, 0.3) is 0 Å². The van der Waals surface area contributed by atoms with Gasteiger partial charge in [0.25, 0.3) is 0 Å². The molecule has 1 unspecified atom stereocenters. The molecule has 1 aliphatic carbocycles. The summed E-state index contributed by atoms with van der Waals surface area (Å²) in [6.07, 6.45) is 6.41.